The normalized spacial score (nSPS) is 19.6. The lowest BCUT2D eigenvalue weighted by Gasteiger charge is -2.48. The third-order valence-corrected chi connectivity index (χ3v) is 6.61. The zero-order chi connectivity index (χ0) is 22.8. The predicted octanol–water partition coefficient (Wildman–Crippen LogP) is 4.31. The van der Waals surface area contributed by atoms with Crippen molar-refractivity contribution in [3.05, 3.63) is 46.7 Å². The van der Waals surface area contributed by atoms with Crippen LogP contribution in [0.4, 0.5) is 13.2 Å². The molecule has 1 aromatic heterocycles. The van der Waals surface area contributed by atoms with Gasteiger partial charge in [0.05, 0.1) is 30.7 Å². The second kappa shape index (κ2) is 9.41. The van der Waals surface area contributed by atoms with E-state index in [4.69, 9.17) is 16.3 Å². The molecule has 1 aliphatic carbocycles. The van der Waals surface area contributed by atoms with E-state index in [1.54, 1.807) is 6.07 Å². The third kappa shape index (κ3) is 4.79. The number of halogens is 4. The van der Waals surface area contributed by atoms with Gasteiger partial charge in [-0.3, -0.25) is 9.69 Å². The monoisotopic (exact) mass is 470 g/mol. The fourth-order valence-corrected chi connectivity index (χ4v) is 4.97. The van der Waals surface area contributed by atoms with Crippen LogP contribution in [0, 0.1) is 0 Å². The second-order valence-corrected chi connectivity index (χ2v) is 8.80. The van der Waals surface area contributed by atoms with Crippen LogP contribution < -0.4 is 5.32 Å². The van der Waals surface area contributed by atoms with E-state index >= 15 is 0 Å². The van der Waals surface area contributed by atoms with Crippen molar-refractivity contribution in [2.24, 2.45) is 0 Å². The van der Waals surface area contributed by atoms with E-state index in [0.717, 1.165) is 56.1 Å². The van der Waals surface area contributed by atoms with Gasteiger partial charge in [0.15, 0.2) is 5.69 Å². The van der Waals surface area contributed by atoms with Gasteiger partial charge in [-0.25, -0.2) is 4.68 Å². The lowest BCUT2D eigenvalue weighted by molar-refractivity contribution is -0.143. The van der Waals surface area contributed by atoms with Crippen molar-refractivity contribution in [2.45, 2.75) is 43.8 Å². The van der Waals surface area contributed by atoms with Crippen molar-refractivity contribution in [1.82, 2.24) is 20.0 Å². The van der Waals surface area contributed by atoms with E-state index in [2.05, 4.69) is 15.3 Å². The first kappa shape index (κ1) is 23.1. The van der Waals surface area contributed by atoms with Crippen molar-refractivity contribution in [1.29, 1.82) is 0 Å². The summed E-state index contributed by atoms with van der Waals surface area (Å²) in [6.45, 7) is 3.07. The fourth-order valence-electron chi connectivity index (χ4n) is 4.78. The molecule has 1 aliphatic heterocycles. The second-order valence-electron chi connectivity index (χ2n) is 8.36. The van der Waals surface area contributed by atoms with Gasteiger partial charge >= 0.3 is 6.18 Å². The van der Waals surface area contributed by atoms with Crippen molar-refractivity contribution in [3.8, 4) is 5.69 Å². The van der Waals surface area contributed by atoms with E-state index in [9.17, 15) is 18.0 Å². The SMILES string of the molecule is O=C(NCC1(N2CCOCC2)CCCCC1)c1cnn(-c2cccc(Cl)c2)c1C(F)(F)F. The molecule has 4 rings (SSSR count). The van der Waals surface area contributed by atoms with Crippen LogP contribution in [-0.4, -0.2) is 59.0 Å². The number of nitrogens with one attached hydrogen (secondary N) is 1. The molecule has 2 aliphatic rings. The molecule has 0 radical (unpaired) electrons. The minimum atomic E-state index is -4.77. The maximum absolute atomic E-state index is 14.0. The predicted molar refractivity (Wildman–Crippen MR) is 114 cm³/mol. The highest BCUT2D eigenvalue weighted by Crippen LogP contribution is 2.36. The first-order valence-corrected chi connectivity index (χ1v) is 11.2. The maximum atomic E-state index is 14.0. The summed E-state index contributed by atoms with van der Waals surface area (Å²) < 4.78 is 48.0. The number of carbonyl (C=O) groups is 1. The highest BCUT2D eigenvalue weighted by atomic mass is 35.5. The van der Waals surface area contributed by atoms with Gasteiger partial charge in [0.1, 0.15) is 0 Å². The standard InChI is InChI=1S/C22H26ClF3N4O2/c23-16-5-4-6-17(13-16)30-19(22(24,25)26)18(14-28-30)20(31)27-15-21(7-2-1-3-8-21)29-9-11-32-12-10-29/h4-6,13-14H,1-3,7-12,15H2,(H,27,31). The van der Waals surface area contributed by atoms with Crippen LogP contribution in [0.15, 0.2) is 30.5 Å². The Hall–Kier alpha value is -2.10. The Morgan fingerprint density at radius 1 is 1.19 bits per heavy atom. The largest absolute Gasteiger partial charge is 0.434 e. The molecule has 0 atom stereocenters. The molecule has 10 heteroatoms. The average Bonchev–Trinajstić information content (AvgIpc) is 3.25. The molecule has 0 spiro atoms. The van der Waals surface area contributed by atoms with Gasteiger partial charge in [-0.2, -0.15) is 18.3 Å². The van der Waals surface area contributed by atoms with Gasteiger partial charge in [-0.15, -0.1) is 0 Å². The Bertz CT molecular complexity index is 951. The summed E-state index contributed by atoms with van der Waals surface area (Å²) in [6.07, 6.45) is 1.22. The van der Waals surface area contributed by atoms with E-state index in [-0.39, 0.29) is 16.2 Å². The number of amides is 1. The quantitative estimate of drug-likeness (QED) is 0.707. The number of alkyl halides is 3. The van der Waals surface area contributed by atoms with Gasteiger partial charge < -0.3 is 10.1 Å². The topological polar surface area (TPSA) is 59.4 Å². The summed E-state index contributed by atoms with van der Waals surface area (Å²) in [4.78, 5) is 15.3. The Morgan fingerprint density at radius 2 is 1.91 bits per heavy atom. The molecule has 0 unspecified atom stereocenters. The molecule has 1 amide bonds. The minimum Gasteiger partial charge on any atom is -0.379 e. The number of rotatable bonds is 5. The van der Waals surface area contributed by atoms with E-state index < -0.39 is 23.3 Å². The van der Waals surface area contributed by atoms with Crippen LogP contribution in [0.3, 0.4) is 0 Å². The highest BCUT2D eigenvalue weighted by molar-refractivity contribution is 6.30. The van der Waals surface area contributed by atoms with Crippen molar-refractivity contribution >= 4 is 17.5 Å². The van der Waals surface area contributed by atoms with Crippen LogP contribution in [0.1, 0.15) is 48.2 Å². The first-order chi connectivity index (χ1) is 15.3. The summed E-state index contributed by atoms with van der Waals surface area (Å²) in [7, 11) is 0. The van der Waals surface area contributed by atoms with E-state index in [0.29, 0.717) is 19.8 Å². The summed E-state index contributed by atoms with van der Waals surface area (Å²) in [6, 6.07) is 5.94. The molecule has 6 nitrogen and oxygen atoms in total. The summed E-state index contributed by atoms with van der Waals surface area (Å²) in [5.74, 6) is -0.774. The van der Waals surface area contributed by atoms with Gasteiger partial charge in [-0.1, -0.05) is 36.9 Å². The molecule has 1 saturated carbocycles. The molecule has 1 saturated heterocycles. The van der Waals surface area contributed by atoms with Crippen LogP contribution in [0.2, 0.25) is 5.02 Å². The Morgan fingerprint density at radius 3 is 2.56 bits per heavy atom. The van der Waals surface area contributed by atoms with Crippen LogP contribution in [0.5, 0.6) is 0 Å². The van der Waals surface area contributed by atoms with Crippen LogP contribution >= 0.6 is 11.6 Å². The lowest BCUT2D eigenvalue weighted by atomic mass is 9.79. The molecular weight excluding hydrogens is 445 g/mol. The number of aromatic nitrogens is 2. The maximum Gasteiger partial charge on any atom is 0.434 e. The number of hydrogen-bond acceptors (Lipinski definition) is 4. The van der Waals surface area contributed by atoms with E-state index in [1.165, 1.54) is 18.2 Å². The number of morpholine rings is 1. The average molecular weight is 471 g/mol. The van der Waals surface area contributed by atoms with Crippen molar-refractivity contribution < 1.29 is 22.7 Å². The molecule has 1 N–H and O–H groups in total. The van der Waals surface area contributed by atoms with Gasteiger partial charge in [0, 0.05) is 30.2 Å². The van der Waals surface area contributed by atoms with Crippen molar-refractivity contribution in [3.63, 3.8) is 0 Å². The summed E-state index contributed by atoms with van der Waals surface area (Å²) in [5, 5.41) is 6.94. The highest BCUT2D eigenvalue weighted by Gasteiger charge is 2.42. The molecule has 2 heterocycles. The molecule has 0 bridgehead atoms. The summed E-state index contributed by atoms with van der Waals surface area (Å²) >= 11 is 5.94. The van der Waals surface area contributed by atoms with Crippen LogP contribution in [-0.2, 0) is 10.9 Å². The molecule has 2 aromatic rings. The molecule has 174 valence electrons. The summed E-state index contributed by atoms with van der Waals surface area (Å²) in [5.41, 5.74) is -1.72. The van der Waals surface area contributed by atoms with Gasteiger partial charge in [0.2, 0.25) is 0 Å². The van der Waals surface area contributed by atoms with Crippen LogP contribution in [0.25, 0.3) is 5.69 Å². The smallest absolute Gasteiger partial charge is 0.379 e. The lowest BCUT2D eigenvalue weighted by Crippen LogP contribution is -2.59. The zero-order valence-corrected chi connectivity index (χ0v) is 18.4. The Labute approximate surface area is 189 Å². The minimum absolute atomic E-state index is 0.140. The van der Waals surface area contributed by atoms with Gasteiger partial charge in [-0.05, 0) is 31.0 Å². The zero-order valence-electron chi connectivity index (χ0n) is 17.6. The first-order valence-electron chi connectivity index (χ1n) is 10.8. The number of hydrogen-bond donors (Lipinski definition) is 1. The number of benzene rings is 1. The van der Waals surface area contributed by atoms with Gasteiger partial charge in [0.25, 0.3) is 5.91 Å². The number of ether oxygens (including phenoxy) is 1. The number of nitrogens with zero attached hydrogens (tertiary/aromatic N) is 3. The Kier molecular flexibility index (Phi) is 6.78. The van der Waals surface area contributed by atoms with E-state index in [1.807, 2.05) is 0 Å². The molecule has 32 heavy (non-hydrogen) atoms. The molecule has 2 fully saturated rings. The molecule has 1 aromatic carbocycles. The third-order valence-electron chi connectivity index (χ3n) is 6.38. The fraction of sp³-hybridized carbons (Fsp3) is 0.545. The molecular formula is C22H26ClF3N4O2. The Balaban J connectivity index is 1.59. The number of carbonyl (C=O) groups excluding carboxylic acids is 1. The van der Waals surface area contributed by atoms with Crippen molar-refractivity contribution in [2.75, 3.05) is 32.8 Å².